The summed E-state index contributed by atoms with van der Waals surface area (Å²) in [5.41, 5.74) is 4.17. The smallest absolute Gasteiger partial charge is 0.386 e. The number of fused-ring (bicyclic) bond motifs is 1. The van der Waals surface area contributed by atoms with Gasteiger partial charge in [0.25, 0.3) is 5.56 Å². The normalized spacial score (nSPS) is 26.6. The van der Waals surface area contributed by atoms with Crippen molar-refractivity contribution in [1.29, 1.82) is 0 Å². The van der Waals surface area contributed by atoms with Crippen LogP contribution in [0.25, 0.3) is 11.2 Å². The van der Waals surface area contributed by atoms with Crippen LogP contribution in [0.3, 0.4) is 0 Å². The Morgan fingerprint density at radius 2 is 1.69 bits per heavy atom. The highest BCUT2D eigenvalue weighted by Crippen LogP contribution is 2.66. The zero-order valence-corrected chi connectivity index (χ0v) is 20.6. The minimum Gasteiger partial charge on any atom is -0.386 e. The van der Waals surface area contributed by atoms with Crippen molar-refractivity contribution in [3.63, 3.8) is 0 Å². The van der Waals surface area contributed by atoms with Gasteiger partial charge in [0, 0.05) is 0 Å². The lowest BCUT2D eigenvalue weighted by molar-refractivity contribution is -0.0501. The molecular weight excluding hydrogens is 586 g/mol. The van der Waals surface area contributed by atoms with Crippen LogP contribution in [-0.4, -0.2) is 78.9 Å². The maximum atomic E-state index is 12.0. The van der Waals surface area contributed by atoms with E-state index < -0.39 is 68.0 Å². The van der Waals surface area contributed by atoms with E-state index in [-0.39, 0.29) is 17.1 Å². The molecule has 0 bridgehead atoms. The van der Waals surface area contributed by atoms with Crippen LogP contribution in [-0.2, 0) is 40.7 Å². The van der Waals surface area contributed by atoms with E-state index in [4.69, 9.17) is 30.0 Å². The topological polar surface area (TPSA) is 346 Å². The van der Waals surface area contributed by atoms with Gasteiger partial charge in [-0.05, 0) is 0 Å². The second-order valence-electron chi connectivity index (χ2n) is 6.78. The van der Waals surface area contributed by atoms with Crippen LogP contribution in [0.15, 0.2) is 11.1 Å². The van der Waals surface area contributed by atoms with Crippen LogP contribution in [0.1, 0.15) is 6.23 Å². The van der Waals surface area contributed by atoms with Crippen molar-refractivity contribution < 1.29 is 75.1 Å². The molecule has 6 atom stereocenters. The number of rotatable bonds is 10. The maximum Gasteiger partial charge on any atom is 0.490 e. The molecule has 22 nitrogen and oxygen atoms in total. The quantitative estimate of drug-likeness (QED) is 0.130. The molecule has 0 amide bonds. The van der Waals surface area contributed by atoms with Gasteiger partial charge in [0.2, 0.25) is 5.95 Å². The average Bonchev–Trinajstić information content (AvgIpc) is 3.18. The van der Waals surface area contributed by atoms with Gasteiger partial charge in [-0.2, -0.15) is 13.6 Å². The number of aliphatic hydroxyl groups excluding tert-OH is 1. The molecule has 0 aliphatic carbocycles. The van der Waals surface area contributed by atoms with Crippen molar-refractivity contribution >= 4 is 48.4 Å². The Labute approximate surface area is 197 Å². The largest absolute Gasteiger partial charge is 0.490 e. The Morgan fingerprint density at radius 1 is 1.06 bits per heavy atom. The van der Waals surface area contributed by atoms with Gasteiger partial charge in [-0.15, -0.1) is 0 Å². The second kappa shape index (κ2) is 10.0. The second-order valence-corrected chi connectivity index (χ2v) is 12.4. The molecule has 4 unspecified atom stereocenters. The number of nitrogens with zero attached hydrogens (tertiary/aromatic N) is 3. The number of ether oxygens (including phenoxy) is 1. The van der Waals surface area contributed by atoms with E-state index in [0.29, 0.717) is 0 Å². The van der Waals surface area contributed by atoms with Crippen molar-refractivity contribution in [2.24, 2.45) is 0 Å². The molecule has 2 aromatic rings. The zero-order chi connectivity index (χ0) is 27.3. The Hall–Kier alpha value is -1.41. The van der Waals surface area contributed by atoms with Crippen LogP contribution < -0.4 is 11.3 Å². The van der Waals surface area contributed by atoms with Crippen LogP contribution in [0.2, 0.25) is 0 Å². The number of hydrogen-bond donors (Lipinski definition) is 9. The van der Waals surface area contributed by atoms with E-state index in [1.165, 1.54) is 0 Å². The van der Waals surface area contributed by atoms with E-state index in [0.717, 1.165) is 10.9 Å². The monoisotopic (exact) mass is 603 g/mol. The molecular formula is C10H17N5O17P4. The van der Waals surface area contributed by atoms with Gasteiger partial charge >= 0.3 is 31.3 Å². The summed E-state index contributed by atoms with van der Waals surface area (Å²) in [7, 11) is -22.5. The fourth-order valence-electron chi connectivity index (χ4n) is 2.97. The van der Waals surface area contributed by atoms with E-state index in [1.807, 2.05) is 0 Å². The number of nitrogen functional groups attached to an aromatic ring is 1. The van der Waals surface area contributed by atoms with Crippen molar-refractivity contribution in [3.05, 3.63) is 16.7 Å². The van der Waals surface area contributed by atoms with Gasteiger partial charge in [-0.3, -0.25) is 23.4 Å². The third-order valence-corrected chi connectivity index (χ3v) is 8.43. The van der Waals surface area contributed by atoms with E-state index in [2.05, 4.69) is 32.6 Å². The highest BCUT2D eigenvalue weighted by Gasteiger charge is 2.50. The number of phosphoric acid groups is 4. The molecule has 0 saturated carbocycles. The Kier molecular flexibility index (Phi) is 8.14. The molecule has 0 radical (unpaired) electrons. The summed E-state index contributed by atoms with van der Waals surface area (Å²) in [6, 6.07) is 0. The summed E-state index contributed by atoms with van der Waals surface area (Å²) in [6.07, 6.45) is -6.51. The van der Waals surface area contributed by atoms with Crippen molar-refractivity contribution in [1.82, 2.24) is 19.5 Å². The molecule has 1 fully saturated rings. The first kappa shape index (κ1) is 29.2. The Balaban J connectivity index is 1.85. The standard InChI is InChI=1S/C10H17N5O17P4/c11-10-13-7-4(8(17)14-10)12-2-15(7)9-5(16)6(30-33(18,19)20)3(29-9)1-28-35(24,25)32-36(26,27)31-34(21,22)23/h2-3,5-6,9,16H,1H2,(H,24,25)(H,26,27)(H2,18,19,20)(H2,21,22,23)(H3,11,13,14,17)/t3-,5?,6?,9-/m1/s1. The summed E-state index contributed by atoms with van der Waals surface area (Å²) < 4.78 is 67.7. The SMILES string of the molecule is Nc1nc2c(ncn2[C@@H]2O[C@H](COP(=O)(O)OP(=O)(O)OP(=O)(O)O)C(OP(=O)(O)O)C2O)c(=O)[nH]1. The molecule has 1 saturated heterocycles. The van der Waals surface area contributed by atoms with Gasteiger partial charge < -0.3 is 44.9 Å². The molecule has 10 N–H and O–H groups in total. The lowest BCUT2D eigenvalue weighted by atomic mass is 10.1. The number of anilines is 1. The van der Waals surface area contributed by atoms with E-state index >= 15 is 0 Å². The van der Waals surface area contributed by atoms with Crippen LogP contribution in [0.4, 0.5) is 5.95 Å². The maximum absolute atomic E-state index is 12.0. The zero-order valence-electron chi connectivity index (χ0n) is 17.0. The van der Waals surface area contributed by atoms with Gasteiger partial charge in [0.1, 0.15) is 18.3 Å². The Morgan fingerprint density at radius 3 is 2.28 bits per heavy atom. The summed E-state index contributed by atoms with van der Waals surface area (Å²) in [5, 5.41) is 10.6. The molecule has 3 heterocycles. The number of H-pyrrole nitrogens is 1. The number of aliphatic hydroxyl groups is 1. The molecule has 0 spiro atoms. The van der Waals surface area contributed by atoms with Gasteiger partial charge in [-0.1, -0.05) is 0 Å². The molecule has 36 heavy (non-hydrogen) atoms. The number of nitrogens with one attached hydrogen (secondary N) is 1. The number of phosphoric ester groups is 2. The third kappa shape index (κ3) is 7.33. The fourth-order valence-corrected chi connectivity index (χ4v) is 6.58. The number of nitrogens with two attached hydrogens (primary N) is 1. The van der Waals surface area contributed by atoms with Gasteiger partial charge in [-0.25, -0.2) is 23.2 Å². The first-order valence-electron chi connectivity index (χ1n) is 8.85. The average molecular weight is 603 g/mol. The molecule has 26 heteroatoms. The molecule has 0 aromatic carbocycles. The summed E-state index contributed by atoms with van der Waals surface area (Å²) in [4.78, 5) is 75.9. The number of aromatic amines is 1. The number of hydrogen-bond acceptors (Lipinski definition) is 14. The van der Waals surface area contributed by atoms with Gasteiger partial charge in [0.05, 0.1) is 12.9 Å². The van der Waals surface area contributed by atoms with Crippen molar-refractivity contribution in [2.75, 3.05) is 12.3 Å². The van der Waals surface area contributed by atoms with Gasteiger partial charge in [0.15, 0.2) is 17.4 Å². The highest BCUT2D eigenvalue weighted by molar-refractivity contribution is 7.66. The molecule has 2 aromatic heterocycles. The number of imidazole rings is 1. The fraction of sp³-hybridized carbons (Fsp3) is 0.500. The van der Waals surface area contributed by atoms with Crippen LogP contribution in [0.5, 0.6) is 0 Å². The summed E-state index contributed by atoms with van der Waals surface area (Å²) in [5.74, 6) is -0.367. The highest BCUT2D eigenvalue weighted by atomic mass is 31.3. The first-order chi connectivity index (χ1) is 16.3. The predicted octanol–water partition coefficient (Wildman–Crippen LogP) is -2.22. The lowest BCUT2D eigenvalue weighted by Crippen LogP contribution is -2.35. The van der Waals surface area contributed by atoms with E-state index in [1.54, 1.807) is 0 Å². The molecule has 1 aliphatic heterocycles. The van der Waals surface area contributed by atoms with Crippen LogP contribution in [0, 0.1) is 0 Å². The summed E-state index contributed by atoms with van der Waals surface area (Å²) >= 11 is 0. The molecule has 1 aliphatic rings. The first-order valence-corrected chi connectivity index (χ1v) is 14.9. The van der Waals surface area contributed by atoms with Crippen LogP contribution >= 0.6 is 31.3 Å². The summed E-state index contributed by atoms with van der Waals surface area (Å²) in [6.45, 7) is -1.23. The Bertz CT molecular complexity index is 1380. The predicted molar refractivity (Wildman–Crippen MR) is 109 cm³/mol. The lowest BCUT2D eigenvalue weighted by Gasteiger charge is -2.22. The molecule has 204 valence electrons. The minimum absolute atomic E-state index is 0.247. The minimum atomic E-state index is -5.86. The van der Waals surface area contributed by atoms with Crippen molar-refractivity contribution in [2.45, 2.75) is 24.5 Å². The third-order valence-electron chi connectivity index (χ3n) is 4.11. The number of aromatic nitrogens is 4. The molecule has 3 rings (SSSR count). The van der Waals surface area contributed by atoms with E-state index in [9.17, 15) is 37.9 Å². The van der Waals surface area contributed by atoms with Crippen molar-refractivity contribution in [3.8, 4) is 0 Å².